The van der Waals surface area contributed by atoms with E-state index in [9.17, 15) is 14.7 Å². The van der Waals surface area contributed by atoms with Gasteiger partial charge in [0.2, 0.25) is 0 Å². The summed E-state index contributed by atoms with van der Waals surface area (Å²) >= 11 is 0. The van der Waals surface area contributed by atoms with E-state index in [2.05, 4.69) is 5.32 Å². The average molecular weight is 347 g/mol. The summed E-state index contributed by atoms with van der Waals surface area (Å²) in [6, 6.07) is 4.42. The molecule has 25 heavy (non-hydrogen) atoms. The number of esters is 1. The van der Waals surface area contributed by atoms with Crippen molar-refractivity contribution in [2.45, 2.75) is 64.8 Å². The highest BCUT2D eigenvalue weighted by atomic mass is 16.5. The smallest absolute Gasteiger partial charge is 0.311 e. The lowest BCUT2D eigenvalue weighted by molar-refractivity contribution is -0.135. The van der Waals surface area contributed by atoms with Crippen molar-refractivity contribution >= 4 is 11.8 Å². The first-order valence-electron chi connectivity index (χ1n) is 9.06. The molecule has 0 saturated heterocycles. The van der Waals surface area contributed by atoms with Gasteiger partial charge in [-0.15, -0.1) is 0 Å². The summed E-state index contributed by atoms with van der Waals surface area (Å²) < 4.78 is 5.28. The predicted octanol–water partition coefficient (Wildman–Crippen LogP) is 3.84. The summed E-state index contributed by atoms with van der Waals surface area (Å²) in [4.78, 5) is 24.2. The van der Waals surface area contributed by atoms with Gasteiger partial charge in [-0.3, -0.25) is 9.59 Å². The minimum Gasteiger partial charge on any atom is -0.504 e. The number of aromatic hydroxyl groups is 1. The SMILES string of the molecule is CC(C)(C)NCC(=O)c1ccc(OC(=O)CC2CCCCC2)c(O)c1. The second-order valence-corrected chi connectivity index (χ2v) is 7.89. The molecule has 1 saturated carbocycles. The number of carbonyl (C=O) groups excluding carboxylic acids is 2. The van der Waals surface area contributed by atoms with Gasteiger partial charge in [0, 0.05) is 17.5 Å². The van der Waals surface area contributed by atoms with E-state index in [1.54, 1.807) is 6.07 Å². The molecule has 0 radical (unpaired) electrons. The maximum absolute atomic E-state index is 12.2. The second kappa shape index (κ2) is 8.48. The van der Waals surface area contributed by atoms with Crippen LogP contribution in [0.2, 0.25) is 0 Å². The monoisotopic (exact) mass is 347 g/mol. The number of hydrogen-bond acceptors (Lipinski definition) is 5. The standard InChI is InChI=1S/C20H29NO4/c1-20(2,3)21-13-17(23)15-9-10-18(16(22)12-15)25-19(24)11-14-7-5-4-6-8-14/h9-10,12,14,21-22H,4-8,11,13H2,1-3H3. The normalized spacial score (nSPS) is 15.8. The van der Waals surface area contributed by atoms with Crippen molar-refractivity contribution in [3.05, 3.63) is 23.8 Å². The third-order valence-electron chi connectivity index (χ3n) is 4.46. The molecule has 5 heteroatoms. The quantitative estimate of drug-likeness (QED) is 0.464. The van der Waals surface area contributed by atoms with Crippen LogP contribution < -0.4 is 10.1 Å². The molecule has 1 aliphatic carbocycles. The van der Waals surface area contributed by atoms with E-state index in [4.69, 9.17) is 4.74 Å². The lowest BCUT2D eigenvalue weighted by Crippen LogP contribution is -2.39. The van der Waals surface area contributed by atoms with Crippen molar-refractivity contribution in [3.63, 3.8) is 0 Å². The molecule has 0 aliphatic heterocycles. The van der Waals surface area contributed by atoms with Crippen LogP contribution in [0.5, 0.6) is 11.5 Å². The first-order chi connectivity index (χ1) is 11.7. The van der Waals surface area contributed by atoms with Crippen LogP contribution in [0.3, 0.4) is 0 Å². The minimum absolute atomic E-state index is 0.112. The summed E-state index contributed by atoms with van der Waals surface area (Å²) in [6.07, 6.45) is 6.09. The van der Waals surface area contributed by atoms with E-state index in [1.165, 1.54) is 31.4 Å². The molecule has 0 amide bonds. The van der Waals surface area contributed by atoms with Gasteiger partial charge in [0.1, 0.15) is 0 Å². The van der Waals surface area contributed by atoms with E-state index in [0.717, 1.165) is 12.8 Å². The first-order valence-corrected chi connectivity index (χ1v) is 9.06. The third-order valence-corrected chi connectivity index (χ3v) is 4.46. The molecule has 1 aliphatic rings. The van der Waals surface area contributed by atoms with Crippen LogP contribution in [-0.4, -0.2) is 28.9 Å². The number of benzene rings is 1. The zero-order chi connectivity index (χ0) is 18.4. The number of nitrogens with one attached hydrogen (secondary N) is 1. The summed E-state index contributed by atoms with van der Waals surface area (Å²) in [5, 5.41) is 13.2. The zero-order valence-corrected chi connectivity index (χ0v) is 15.4. The Morgan fingerprint density at radius 1 is 1.20 bits per heavy atom. The van der Waals surface area contributed by atoms with Crippen LogP contribution in [0.15, 0.2) is 18.2 Å². The molecule has 0 unspecified atom stereocenters. The van der Waals surface area contributed by atoms with Gasteiger partial charge in [-0.05, 0) is 57.7 Å². The number of phenols is 1. The third kappa shape index (κ3) is 6.50. The fourth-order valence-electron chi connectivity index (χ4n) is 3.02. The Morgan fingerprint density at radius 3 is 2.48 bits per heavy atom. The number of Topliss-reactive ketones (excluding diaryl/α,β-unsaturated/α-hetero) is 1. The summed E-state index contributed by atoms with van der Waals surface area (Å²) in [5.41, 5.74) is 0.230. The predicted molar refractivity (Wildman–Crippen MR) is 97.0 cm³/mol. The highest BCUT2D eigenvalue weighted by Gasteiger charge is 2.20. The van der Waals surface area contributed by atoms with Gasteiger partial charge in [-0.25, -0.2) is 0 Å². The van der Waals surface area contributed by atoms with Crippen LogP contribution in [0, 0.1) is 5.92 Å². The highest BCUT2D eigenvalue weighted by Crippen LogP contribution is 2.30. The molecular weight excluding hydrogens is 318 g/mol. The summed E-state index contributed by atoms with van der Waals surface area (Å²) in [5.74, 6) is -0.131. The molecule has 0 atom stereocenters. The van der Waals surface area contributed by atoms with Crippen molar-refractivity contribution in [1.82, 2.24) is 5.32 Å². The number of ether oxygens (including phenoxy) is 1. The van der Waals surface area contributed by atoms with Crippen molar-refractivity contribution in [1.29, 1.82) is 0 Å². The Bertz CT molecular complexity index is 613. The van der Waals surface area contributed by atoms with Crippen molar-refractivity contribution in [3.8, 4) is 11.5 Å². The van der Waals surface area contributed by atoms with Gasteiger partial charge < -0.3 is 15.2 Å². The largest absolute Gasteiger partial charge is 0.504 e. The lowest BCUT2D eigenvalue weighted by atomic mass is 9.87. The van der Waals surface area contributed by atoms with Crippen molar-refractivity contribution in [2.75, 3.05) is 6.54 Å². The number of hydrogen-bond donors (Lipinski definition) is 2. The molecule has 0 aromatic heterocycles. The van der Waals surface area contributed by atoms with Crippen LogP contribution >= 0.6 is 0 Å². The van der Waals surface area contributed by atoms with E-state index in [0.29, 0.717) is 17.9 Å². The van der Waals surface area contributed by atoms with Gasteiger partial charge in [-0.2, -0.15) is 0 Å². The molecule has 138 valence electrons. The van der Waals surface area contributed by atoms with Crippen LogP contribution in [0.4, 0.5) is 0 Å². The number of rotatable bonds is 6. The molecule has 1 aromatic rings. The molecule has 0 heterocycles. The maximum atomic E-state index is 12.2. The van der Waals surface area contributed by atoms with Gasteiger partial charge in [0.25, 0.3) is 0 Å². The number of phenolic OH excluding ortho intramolecular Hbond substituents is 1. The zero-order valence-electron chi connectivity index (χ0n) is 15.4. The number of carbonyl (C=O) groups is 2. The Kier molecular flexibility index (Phi) is 6.59. The van der Waals surface area contributed by atoms with Crippen molar-refractivity contribution < 1.29 is 19.4 Å². The van der Waals surface area contributed by atoms with Crippen LogP contribution in [0.1, 0.15) is 69.7 Å². The molecule has 5 nitrogen and oxygen atoms in total. The van der Waals surface area contributed by atoms with Crippen LogP contribution in [-0.2, 0) is 4.79 Å². The lowest BCUT2D eigenvalue weighted by Gasteiger charge is -2.20. The van der Waals surface area contributed by atoms with E-state index in [-0.39, 0.29) is 35.3 Å². The summed E-state index contributed by atoms with van der Waals surface area (Å²) in [7, 11) is 0. The Morgan fingerprint density at radius 2 is 1.88 bits per heavy atom. The Hall–Kier alpha value is -1.88. The molecule has 2 rings (SSSR count). The average Bonchev–Trinajstić information content (AvgIpc) is 2.54. The van der Waals surface area contributed by atoms with Gasteiger partial charge in [0.15, 0.2) is 17.3 Å². The molecule has 0 spiro atoms. The second-order valence-electron chi connectivity index (χ2n) is 7.89. The molecule has 1 fully saturated rings. The van der Waals surface area contributed by atoms with Crippen LogP contribution in [0.25, 0.3) is 0 Å². The maximum Gasteiger partial charge on any atom is 0.311 e. The summed E-state index contributed by atoms with van der Waals surface area (Å²) in [6.45, 7) is 6.12. The van der Waals surface area contributed by atoms with Gasteiger partial charge in [0.05, 0.1) is 6.54 Å². The molecule has 2 N–H and O–H groups in total. The molecule has 1 aromatic carbocycles. The fraction of sp³-hybridized carbons (Fsp3) is 0.600. The van der Waals surface area contributed by atoms with Crippen molar-refractivity contribution in [2.24, 2.45) is 5.92 Å². The molecular formula is C20H29NO4. The fourth-order valence-corrected chi connectivity index (χ4v) is 3.02. The van der Waals surface area contributed by atoms with Gasteiger partial charge >= 0.3 is 5.97 Å². The Balaban J connectivity index is 1.92. The Labute approximate surface area is 149 Å². The topological polar surface area (TPSA) is 75.6 Å². The van der Waals surface area contributed by atoms with Gasteiger partial charge in [-0.1, -0.05) is 19.3 Å². The number of ketones is 1. The molecule has 0 bridgehead atoms. The van der Waals surface area contributed by atoms with E-state index < -0.39 is 0 Å². The minimum atomic E-state index is -0.323. The first kappa shape index (κ1) is 19.4. The van der Waals surface area contributed by atoms with E-state index in [1.807, 2.05) is 20.8 Å². The van der Waals surface area contributed by atoms with E-state index >= 15 is 0 Å². The highest BCUT2D eigenvalue weighted by molar-refractivity contribution is 5.98.